The summed E-state index contributed by atoms with van der Waals surface area (Å²) in [5, 5.41) is 11.7. The van der Waals surface area contributed by atoms with Gasteiger partial charge in [-0.2, -0.15) is 0 Å². The van der Waals surface area contributed by atoms with Crippen LogP contribution in [0, 0.1) is 11.7 Å². The molecule has 0 aliphatic rings. The Morgan fingerprint density at radius 2 is 2.20 bits per heavy atom. The second-order valence-corrected chi connectivity index (χ2v) is 6.65. The minimum absolute atomic E-state index is 0.0196. The molecule has 0 atom stereocenters. The van der Waals surface area contributed by atoms with E-state index >= 15 is 0 Å². The molecule has 1 heterocycles. The number of aromatic nitrogens is 2. The zero-order chi connectivity index (χ0) is 14.7. The summed E-state index contributed by atoms with van der Waals surface area (Å²) in [7, 11) is 0. The van der Waals surface area contributed by atoms with E-state index in [1.54, 1.807) is 6.07 Å². The fraction of sp³-hybridized carbons (Fsp3) is 0.308. The summed E-state index contributed by atoms with van der Waals surface area (Å²) in [6.45, 7) is 4.16. The number of nitrogens with zero attached hydrogens (tertiary/aromatic N) is 2. The number of anilines is 1. The Hall–Kier alpha value is -1.34. The Balaban J connectivity index is 2.09. The lowest BCUT2D eigenvalue weighted by molar-refractivity contribution is 0.102. The molecule has 4 nitrogen and oxygen atoms in total. The van der Waals surface area contributed by atoms with Crippen molar-refractivity contribution in [3.05, 3.63) is 39.1 Å². The fourth-order valence-electron chi connectivity index (χ4n) is 1.57. The monoisotopic (exact) mass is 357 g/mol. The first-order valence-corrected chi connectivity index (χ1v) is 7.65. The molecule has 0 radical (unpaired) electrons. The minimum Gasteiger partial charge on any atom is -0.296 e. The van der Waals surface area contributed by atoms with Crippen molar-refractivity contribution in [1.82, 2.24) is 10.2 Å². The summed E-state index contributed by atoms with van der Waals surface area (Å²) in [5.41, 5.74) is -0.0196. The van der Waals surface area contributed by atoms with E-state index in [4.69, 9.17) is 0 Å². The van der Waals surface area contributed by atoms with Crippen LogP contribution in [0.5, 0.6) is 0 Å². The van der Waals surface area contributed by atoms with Crippen molar-refractivity contribution in [2.45, 2.75) is 20.3 Å². The number of hydrogen-bond donors (Lipinski definition) is 1. The lowest BCUT2D eigenvalue weighted by Gasteiger charge is -2.03. The van der Waals surface area contributed by atoms with Gasteiger partial charge in [0.2, 0.25) is 5.13 Å². The van der Waals surface area contributed by atoms with Gasteiger partial charge in [-0.1, -0.05) is 41.1 Å². The van der Waals surface area contributed by atoms with Crippen molar-refractivity contribution >= 4 is 38.3 Å². The number of nitrogens with one attached hydrogen (secondary N) is 1. The van der Waals surface area contributed by atoms with Crippen LogP contribution in [0.1, 0.15) is 29.2 Å². The average Bonchev–Trinajstić information content (AvgIpc) is 2.75. The highest BCUT2D eigenvalue weighted by atomic mass is 79.9. The molecule has 0 unspecified atom stereocenters. The smallest absolute Gasteiger partial charge is 0.260 e. The lowest BCUT2D eigenvalue weighted by Crippen LogP contribution is -2.13. The number of hydrogen-bond acceptors (Lipinski definition) is 4. The maximum Gasteiger partial charge on any atom is 0.260 e. The van der Waals surface area contributed by atoms with Crippen LogP contribution >= 0.6 is 27.3 Å². The number of halogens is 2. The number of amides is 1. The predicted molar refractivity (Wildman–Crippen MR) is 80.5 cm³/mol. The molecule has 1 amide bonds. The van der Waals surface area contributed by atoms with Crippen LogP contribution in [0.25, 0.3) is 0 Å². The van der Waals surface area contributed by atoms with Crippen LogP contribution < -0.4 is 5.32 Å². The molecule has 0 aliphatic heterocycles. The maximum absolute atomic E-state index is 13.7. The third-order valence-corrected chi connectivity index (χ3v) is 3.80. The van der Waals surface area contributed by atoms with E-state index in [-0.39, 0.29) is 5.56 Å². The zero-order valence-electron chi connectivity index (χ0n) is 11.0. The first-order valence-electron chi connectivity index (χ1n) is 6.04. The van der Waals surface area contributed by atoms with Crippen LogP contribution in [0.4, 0.5) is 9.52 Å². The first-order chi connectivity index (χ1) is 9.45. The van der Waals surface area contributed by atoms with Crippen molar-refractivity contribution < 1.29 is 9.18 Å². The standard InChI is InChI=1S/C13H13BrFN3OS/c1-7(2)5-11-17-18-13(20-11)16-12(19)9-4-3-8(14)6-10(9)15/h3-4,6-7H,5H2,1-2H3,(H,16,18,19). The Labute approximate surface area is 128 Å². The van der Waals surface area contributed by atoms with Gasteiger partial charge < -0.3 is 0 Å². The second kappa shape index (κ2) is 6.41. The maximum atomic E-state index is 13.7. The Morgan fingerprint density at radius 3 is 2.85 bits per heavy atom. The Morgan fingerprint density at radius 1 is 1.45 bits per heavy atom. The predicted octanol–water partition coefficient (Wildman–Crippen LogP) is 3.89. The number of carbonyl (C=O) groups excluding carboxylic acids is 1. The van der Waals surface area contributed by atoms with Gasteiger partial charge >= 0.3 is 0 Å². The molecule has 0 aliphatic carbocycles. The normalized spacial score (nSPS) is 10.8. The summed E-state index contributed by atoms with van der Waals surface area (Å²) in [4.78, 5) is 12.0. The molecule has 0 fully saturated rings. The van der Waals surface area contributed by atoms with Gasteiger partial charge in [-0.05, 0) is 24.1 Å². The number of carbonyl (C=O) groups is 1. The van der Waals surface area contributed by atoms with Crippen molar-refractivity contribution in [3.8, 4) is 0 Å². The van der Waals surface area contributed by atoms with Gasteiger partial charge in [-0.3, -0.25) is 10.1 Å². The van der Waals surface area contributed by atoms with Crippen LogP contribution in [-0.2, 0) is 6.42 Å². The van der Waals surface area contributed by atoms with Gasteiger partial charge in [-0.25, -0.2) is 4.39 Å². The molecular weight excluding hydrogens is 345 g/mol. The quantitative estimate of drug-likeness (QED) is 0.902. The number of rotatable bonds is 4. The molecule has 1 N–H and O–H groups in total. The van der Waals surface area contributed by atoms with Crippen molar-refractivity contribution in [3.63, 3.8) is 0 Å². The molecule has 0 saturated heterocycles. The fourth-order valence-corrected chi connectivity index (χ4v) is 2.85. The van der Waals surface area contributed by atoms with Gasteiger partial charge in [0.25, 0.3) is 5.91 Å². The molecule has 20 heavy (non-hydrogen) atoms. The molecule has 1 aromatic carbocycles. The van der Waals surface area contributed by atoms with E-state index < -0.39 is 11.7 Å². The van der Waals surface area contributed by atoms with Crippen LogP contribution in [0.3, 0.4) is 0 Å². The third kappa shape index (κ3) is 3.83. The molecular formula is C13H13BrFN3OS. The average molecular weight is 358 g/mol. The van der Waals surface area contributed by atoms with Crippen LogP contribution in [-0.4, -0.2) is 16.1 Å². The largest absolute Gasteiger partial charge is 0.296 e. The highest BCUT2D eigenvalue weighted by Gasteiger charge is 2.14. The summed E-state index contributed by atoms with van der Waals surface area (Å²) < 4.78 is 14.2. The molecule has 0 spiro atoms. The number of benzene rings is 1. The van der Waals surface area contributed by atoms with E-state index in [1.165, 1.54) is 23.5 Å². The van der Waals surface area contributed by atoms with Crippen molar-refractivity contribution in [1.29, 1.82) is 0 Å². The van der Waals surface area contributed by atoms with Gasteiger partial charge in [0.05, 0.1) is 5.56 Å². The molecule has 7 heteroatoms. The van der Waals surface area contributed by atoms with Gasteiger partial charge in [0.1, 0.15) is 10.8 Å². The van der Waals surface area contributed by atoms with Crippen LogP contribution in [0.15, 0.2) is 22.7 Å². The Kier molecular flexibility index (Phi) is 4.82. The highest BCUT2D eigenvalue weighted by molar-refractivity contribution is 9.10. The van der Waals surface area contributed by atoms with Crippen LogP contribution in [0.2, 0.25) is 0 Å². The first kappa shape index (κ1) is 15.1. The molecule has 2 aromatic rings. The summed E-state index contributed by atoms with van der Waals surface area (Å²) in [5.74, 6) is -0.638. The molecule has 0 bridgehead atoms. The van der Waals surface area contributed by atoms with E-state index in [9.17, 15) is 9.18 Å². The minimum atomic E-state index is -0.580. The molecule has 106 valence electrons. The second-order valence-electron chi connectivity index (χ2n) is 4.68. The molecule has 0 saturated carbocycles. The molecule has 1 aromatic heterocycles. The summed E-state index contributed by atoms with van der Waals surface area (Å²) in [6, 6.07) is 4.28. The van der Waals surface area contributed by atoms with E-state index in [2.05, 4.69) is 45.3 Å². The van der Waals surface area contributed by atoms with Gasteiger partial charge in [0.15, 0.2) is 0 Å². The van der Waals surface area contributed by atoms with E-state index in [1.807, 2.05) is 0 Å². The third-order valence-electron chi connectivity index (χ3n) is 2.45. The zero-order valence-corrected chi connectivity index (χ0v) is 13.4. The van der Waals surface area contributed by atoms with Crippen molar-refractivity contribution in [2.24, 2.45) is 5.92 Å². The van der Waals surface area contributed by atoms with Crippen molar-refractivity contribution in [2.75, 3.05) is 5.32 Å². The highest BCUT2D eigenvalue weighted by Crippen LogP contribution is 2.20. The van der Waals surface area contributed by atoms with E-state index in [0.29, 0.717) is 15.5 Å². The van der Waals surface area contributed by atoms with E-state index in [0.717, 1.165) is 11.4 Å². The Bertz CT molecular complexity index is 630. The molecule has 2 rings (SSSR count). The van der Waals surface area contributed by atoms with Gasteiger partial charge in [-0.15, -0.1) is 10.2 Å². The summed E-state index contributed by atoms with van der Waals surface area (Å²) in [6.07, 6.45) is 0.806. The van der Waals surface area contributed by atoms with Gasteiger partial charge in [0, 0.05) is 10.9 Å². The summed E-state index contributed by atoms with van der Waals surface area (Å²) >= 11 is 4.45. The lowest BCUT2D eigenvalue weighted by atomic mass is 10.1. The SMILES string of the molecule is CC(C)Cc1nnc(NC(=O)c2ccc(Br)cc2F)s1. The topological polar surface area (TPSA) is 54.9 Å².